The van der Waals surface area contributed by atoms with Crippen LogP contribution in [0.15, 0.2) is 24.3 Å². The van der Waals surface area contributed by atoms with Gasteiger partial charge in [0.15, 0.2) is 0 Å². The van der Waals surface area contributed by atoms with Crippen molar-refractivity contribution in [3.8, 4) is 0 Å². The zero-order chi connectivity index (χ0) is 17.2. The number of benzene rings is 1. The SMILES string of the molecule is CCN(CC)CCNC(=O)c1ccc(NC(=O)CC(C)C)cc1. The molecule has 0 aliphatic rings. The minimum Gasteiger partial charge on any atom is -0.351 e. The highest BCUT2D eigenvalue weighted by Gasteiger charge is 2.08. The largest absolute Gasteiger partial charge is 0.351 e. The molecule has 0 bridgehead atoms. The van der Waals surface area contributed by atoms with Crippen molar-refractivity contribution < 1.29 is 9.59 Å². The minimum absolute atomic E-state index is 0.00331. The lowest BCUT2D eigenvalue weighted by Gasteiger charge is -2.18. The topological polar surface area (TPSA) is 61.4 Å². The van der Waals surface area contributed by atoms with Gasteiger partial charge in [-0.15, -0.1) is 0 Å². The molecule has 0 saturated heterocycles. The molecule has 0 aliphatic carbocycles. The fourth-order valence-corrected chi connectivity index (χ4v) is 2.26. The maximum atomic E-state index is 12.1. The van der Waals surface area contributed by atoms with Crippen molar-refractivity contribution in [2.24, 2.45) is 5.92 Å². The van der Waals surface area contributed by atoms with Crippen LogP contribution in [0.1, 0.15) is 44.5 Å². The Morgan fingerprint density at radius 3 is 2.22 bits per heavy atom. The highest BCUT2D eigenvalue weighted by molar-refractivity contribution is 5.95. The highest BCUT2D eigenvalue weighted by Crippen LogP contribution is 2.11. The average Bonchev–Trinajstić information content (AvgIpc) is 2.51. The summed E-state index contributed by atoms with van der Waals surface area (Å²) in [4.78, 5) is 26.0. The number of anilines is 1. The Labute approximate surface area is 139 Å². The summed E-state index contributed by atoms with van der Waals surface area (Å²) in [7, 11) is 0. The third-order valence-corrected chi connectivity index (χ3v) is 3.63. The number of hydrogen-bond acceptors (Lipinski definition) is 3. The first-order chi connectivity index (χ1) is 11.0. The first-order valence-corrected chi connectivity index (χ1v) is 8.36. The van der Waals surface area contributed by atoms with Gasteiger partial charge < -0.3 is 15.5 Å². The molecular formula is C18H29N3O2. The van der Waals surface area contributed by atoms with E-state index in [4.69, 9.17) is 0 Å². The third-order valence-electron chi connectivity index (χ3n) is 3.63. The summed E-state index contributed by atoms with van der Waals surface area (Å²) in [6.07, 6.45) is 0.494. The van der Waals surface area contributed by atoms with E-state index in [9.17, 15) is 9.59 Å². The Morgan fingerprint density at radius 1 is 1.09 bits per heavy atom. The van der Waals surface area contributed by atoms with Gasteiger partial charge in [-0.3, -0.25) is 9.59 Å². The maximum Gasteiger partial charge on any atom is 0.251 e. The molecule has 2 amide bonds. The number of amides is 2. The smallest absolute Gasteiger partial charge is 0.251 e. The van der Waals surface area contributed by atoms with Crippen LogP contribution in [0.25, 0.3) is 0 Å². The van der Waals surface area contributed by atoms with Gasteiger partial charge in [0.05, 0.1) is 0 Å². The standard InChI is InChI=1S/C18H29N3O2/c1-5-21(6-2)12-11-19-18(23)15-7-9-16(10-8-15)20-17(22)13-14(3)4/h7-10,14H,5-6,11-13H2,1-4H3,(H,19,23)(H,20,22). The van der Waals surface area contributed by atoms with Crippen LogP contribution in [-0.2, 0) is 4.79 Å². The Hall–Kier alpha value is -1.88. The molecule has 1 aromatic carbocycles. The van der Waals surface area contributed by atoms with E-state index in [-0.39, 0.29) is 11.8 Å². The summed E-state index contributed by atoms with van der Waals surface area (Å²) in [5.74, 6) is 0.236. The molecule has 1 rings (SSSR count). The number of carbonyl (C=O) groups excluding carboxylic acids is 2. The lowest BCUT2D eigenvalue weighted by molar-refractivity contribution is -0.116. The second kappa shape index (κ2) is 10.0. The van der Waals surface area contributed by atoms with Gasteiger partial charge >= 0.3 is 0 Å². The molecule has 1 aromatic rings. The fourth-order valence-electron chi connectivity index (χ4n) is 2.26. The molecule has 5 heteroatoms. The number of nitrogens with zero attached hydrogens (tertiary/aromatic N) is 1. The lowest BCUT2D eigenvalue weighted by atomic mass is 10.1. The number of nitrogens with one attached hydrogen (secondary N) is 2. The average molecular weight is 319 g/mol. The monoisotopic (exact) mass is 319 g/mol. The third kappa shape index (κ3) is 7.28. The van der Waals surface area contributed by atoms with Gasteiger partial charge in [0.25, 0.3) is 5.91 Å². The molecule has 23 heavy (non-hydrogen) atoms. The number of rotatable bonds is 9. The fraction of sp³-hybridized carbons (Fsp3) is 0.556. The maximum absolute atomic E-state index is 12.1. The van der Waals surface area contributed by atoms with Crippen molar-refractivity contribution in [3.05, 3.63) is 29.8 Å². The van der Waals surface area contributed by atoms with Gasteiger partial charge in [-0.25, -0.2) is 0 Å². The number of carbonyl (C=O) groups is 2. The van der Waals surface area contributed by atoms with E-state index in [0.29, 0.717) is 24.4 Å². The normalized spacial score (nSPS) is 10.9. The van der Waals surface area contributed by atoms with Crippen LogP contribution in [0.5, 0.6) is 0 Å². The van der Waals surface area contributed by atoms with Crippen LogP contribution >= 0.6 is 0 Å². The highest BCUT2D eigenvalue weighted by atomic mass is 16.2. The van der Waals surface area contributed by atoms with Gasteiger partial charge in [0, 0.05) is 30.8 Å². The molecule has 0 saturated carbocycles. The summed E-state index contributed by atoms with van der Waals surface area (Å²) in [5, 5.41) is 5.75. The van der Waals surface area contributed by atoms with Crippen LogP contribution in [0.2, 0.25) is 0 Å². The van der Waals surface area contributed by atoms with Gasteiger partial charge in [-0.1, -0.05) is 27.7 Å². The zero-order valence-electron chi connectivity index (χ0n) is 14.7. The van der Waals surface area contributed by atoms with Crippen LogP contribution in [0, 0.1) is 5.92 Å². The van der Waals surface area contributed by atoms with Crippen molar-refractivity contribution in [2.45, 2.75) is 34.1 Å². The van der Waals surface area contributed by atoms with E-state index in [1.54, 1.807) is 24.3 Å². The summed E-state index contributed by atoms with van der Waals surface area (Å²) in [6.45, 7) is 11.7. The predicted octanol–water partition coefficient (Wildman–Crippen LogP) is 2.74. The van der Waals surface area contributed by atoms with Crippen molar-refractivity contribution in [3.63, 3.8) is 0 Å². The molecule has 0 fully saturated rings. The van der Waals surface area contributed by atoms with E-state index in [0.717, 1.165) is 25.3 Å². The Morgan fingerprint density at radius 2 is 1.70 bits per heavy atom. The molecule has 5 nitrogen and oxygen atoms in total. The van der Waals surface area contributed by atoms with Gasteiger partial charge in [0.2, 0.25) is 5.91 Å². The van der Waals surface area contributed by atoms with Crippen LogP contribution in [0.4, 0.5) is 5.69 Å². The molecular weight excluding hydrogens is 290 g/mol. The predicted molar refractivity (Wildman–Crippen MR) is 94.6 cm³/mol. The summed E-state index contributed by atoms with van der Waals surface area (Å²) in [5.41, 5.74) is 1.32. The van der Waals surface area contributed by atoms with Crippen LogP contribution in [0.3, 0.4) is 0 Å². The number of hydrogen-bond donors (Lipinski definition) is 2. The lowest BCUT2D eigenvalue weighted by Crippen LogP contribution is -2.34. The van der Waals surface area contributed by atoms with Crippen molar-refractivity contribution in [1.82, 2.24) is 10.2 Å². The van der Waals surface area contributed by atoms with Crippen LogP contribution < -0.4 is 10.6 Å². The summed E-state index contributed by atoms with van der Waals surface area (Å²) < 4.78 is 0. The van der Waals surface area contributed by atoms with E-state index in [1.807, 2.05) is 13.8 Å². The molecule has 0 heterocycles. The molecule has 2 N–H and O–H groups in total. The van der Waals surface area contributed by atoms with Gasteiger partial charge in [-0.05, 0) is 43.3 Å². The van der Waals surface area contributed by atoms with Crippen molar-refractivity contribution >= 4 is 17.5 Å². The van der Waals surface area contributed by atoms with E-state index < -0.39 is 0 Å². The first kappa shape index (κ1) is 19.2. The molecule has 0 spiro atoms. The molecule has 0 atom stereocenters. The molecule has 0 aliphatic heterocycles. The first-order valence-electron chi connectivity index (χ1n) is 8.36. The van der Waals surface area contributed by atoms with Gasteiger partial charge in [-0.2, -0.15) is 0 Å². The second-order valence-electron chi connectivity index (χ2n) is 6.01. The minimum atomic E-state index is -0.0859. The van der Waals surface area contributed by atoms with Crippen molar-refractivity contribution in [2.75, 3.05) is 31.5 Å². The Kier molecular flexibility index (Phi) is 8.33. The second-order valence-corrected chi connectivity index (χ2v) is 6.01. The van der Waals surface area contributed by atoms with E-state index in [1.165, 1.54) is 0 Å². The van der Waals surface area contributed by atoms with E-state index in [2.05, 4.69) is 29.4 Å². The Bertz CT molecular complexity index is 493. The molecule has 0 aromatic heterocycles. The summed E-state index contributed by atoms with van der Waals surface area (Å²) >= 11 is 0. The van der Waals surface area contributed by atoms with Crippen LogP contribution in [-0.4, -0.2) is 42.9 Å². The molecule has 128 valence electrons. The zero-order valence-corrected chi connectivity index (χ0v) is 14.7. The molecule has 0 radical (unpaired) electrons. The van der Waals surface area contributed by atoms with E-state index >= 15 is 0 Å². The van der Waals surface area contributed by atoms with Crippen molar-refractivity contribution in [1.29, 1.82) is 0 Å². The number of likely N-dealkylation sites (N-methyl/N-ethyl adjacent to an activating group) is 1. The quantitative estimate of drug-likeness (QED) is 0.736. The van der Waals surface area contributed by atoms with Gasteiger partial charge in [0.1, 0.15) is 0 Å². The molecule has 0 unspecified atom stereocenters. The summed E-state index contributed by atoms with van der Waals surface area (Å²) in [6, 6.07) is 6.99. The Balaban J connectivity index is 2.46.